The molecule has 0 radical (unpaired) electrons. The number of hydrazine groups is 1. The van der Waals surface area contributed by atoms with Crippen molar-refractivity contribution in [3.05, 3.63) is 0 Å². The van der Waals surface area contributed by atoms with Crippen molar-refractivity contribution in [2.45, 2.75) is 104 Å². The van der Waals surface area contributed by atoms with Gasteiger partial charge in [-0.3, -0.25) is 5.84 Å². The van der Waals surface area contributed by atoms with Crippen molar-refractivity contribution in [1.29, 1.82) is 0 Å². The van der Waals surface area contributed by atoms with Crippen molar-refractivity contribution >= 4 is 0 Å². The minimum absolute atomic E-state index is 1.09. The lowest BCUT2D eigenvalue weighted by Crippen LogP contribution is -2.32. The summed E-state index contributed by atoms with van der Waals surface area (Å²) in [6.07, 6.45) is 19.2. The maximum Gasteiger partial charge on any atom is 0.0128 e. The highest BCUT2D eigenvalue weighted by molar-refractivity contribution is 4.53. The summed E-state index contributed by atoms with van der Waals surface area (Å²) in [5.74, 6) is 6.03. The minimum atomic E-state index is 1.09. The molecule has 20 heavy (non-hydrogen) atoms. The predicted molar refractivity (Wildman–Crippen MR) is 91.7 cm³/mol. The van der Waals surface area contributed by atoms with Crippen LogP contribution >= 0.6 is 0 Å². The molecule has 0 aliphatic carbocycles. The fourth-order valence-corrected chi connectivity index (χ4v) is 2.66. The van der Waals surface area contributed by atoms with Gasteiger partial charge in [-0.1, -0.05) is 90.9 Å². The Balaban J connectivity index is 3.11. The maximum atomic E-state index is 6.03. The number of hydrogen-bond acceptors (Lipinski definition) is 2. The lowest BCUT2D eigenvalue weighted by molar-refractivity contribution is 0.268. The van der Waals surface area contributed by atoms with E-state index < -0.39 is 0 Å². The van der Waals surface area contributed by atoms with Gasteiger partial charge in [0.2, 0.25) is 0 Å². The van der Waals surface area contributed by atoms with E-state index in [2.05, 4.69) is 13.8 Å². The van der Waals surface area contributed by atoms with Crippen molar-refractivity contribution in [2.24, 2.45) is 5.84 Å². The van der Waals surface area contributed by atoms with Crippen molar-refractivity contribution in [3.8, 4) is 0 Å². The Morgan fingerprint density at radius 3 is 1.15 bits per heavy atom. The van der Waals surface area contributed by atoms with Crippen molar-refractivity contribution in [2.75, 3.05) is 13.1 Å². The fraction of sp³-hybridized carbons (Fsp3) is 1.00. The molecule has 0 aromatic carbocycles. The normalized spacial score (nSPS) is 11.4. The van der Waals surface area contributed by atoms with E-state index in [1.54, 1.807) is 0 Å². The third-order valence-corrected chi connectivity index (χ3v) is 4.10. The summed E-state index contributed by atoms with van der Waals surface area (Å²) >= 11 is 0. The van der Waals surface area contributed by atoms with Gasteiger partial charge in [-0.25, -0.2) is 5.01 Å². The summed E-state index contributed by atoms with van der Waals surface area (Å²) < 4.78 is 0. The number of rotatable bonds is 16. The number of nitrogens with zero attached hydrogens (tertiary/aromatic N) is 1. The molecule has 0 saturated heterocycles. The molecule has 0 rings (SSSR count). The first kappa shape index (κ1) is 19.9. The highest BCUT2D eigenvalue weighted by atomic mass is 15.4. The molecule has 0 aliphatic heterocycles. The molecule has 2 N–H and O–H groups in total. The van der Waals surface area contributed by atoms with Crippen molar-refractivity contribution < 1.29 is 0 Å². The van der Waals surface area contributed by atoms with Crippen LogP contribution in [0, 0.1) is 0 Å². The van der Waals surface area contributed by atoms with Crippen LogP contribution in [0.1, 0.15) is 104 Å². The molecule has 0 aromatic rings. The summed E-state index contributed by atoms with van der Waals surface area (Å²) in [6, 6.07) is 0. The Kier molecular flexibility index (Phi) is 16.9. The number of hydrogen-bond donors (Lipinski definition) is 1. The second kappa shape index (κ2) is 17.0. The Hall–Kier alpha value is -0.0800. The summed E-state index contributed by atoms with van der Waals surface area (Å²) in [5, 5.41) is 2.04. The molecule has 0 aliphatic rings. The topological polar surface area (TPSA) is 29.3 Å². The Morgan fingerprint density at radius 2 is 0.800 bits per heavy atom. The molecule has 0 fully saturated rings. The molecule has 2 nitrogen and oxygen atoms in total. The number of unbranched alkanes of at least 4 members (excludes halogenated alkanes) is 12. The first-order chi connectivity index (χ1) is 9.81. The van der Waals surface area contributed by atoms with Crippen LogP contribution in [0.2, 0.25) is 0 Å². The molecule has 122 valence electrons. The quantitative estimate of drug-likeness (QED) is 0.225. The highest BCUT2D eigenvalue weighted by Crippen LogP contribution is 2.08. The van der Waals surface area contributed by atoms with Gasteiger partial charge in [0.05, 0.1) is 0 Å². The van der Waals surface area contributed by atoms with Crippen LogP contribution in [0.3, 0.4) is 0 Å². The van der Waals surface area contributed by atoms with Gasteiger partial charge in [-0.2, -0.15) is 0 Å². The van der Waals surface area contributed by atoms with Gasteiger partial charge in [0, 0.05) is 13.1 Å². The molecule has 0 unspecified atom stereocenters. The Bertz CT molecular complexity index is 153. The molecule has 0 atom stereocenters. The van der Waals surface area contributed by atoms with Gasteiger partial charge in [-0.05, 0) is 12.8 Å². The zero-order valence-corrected chi connectivity index (χ0v) is 14.3. The van der Waals surface area contributed by atoms with E-state index in [-0.39, 0.29) is 0 Å². The smallest absolute Gasteiger partial charge is 0.0128 e. The van der Waals surface area contributed by atoms with Crippen LogP contribution in [0.4, 0.5) is 0 Å². The largest absolute Gasteiger partial charge is 0.269 e. The second-order valence-corrected chi connectivity index (χ2v) is 6.28. The average molecular weight is 285 g/mol. The third kappa shape index (κ3) is 16.0. The fourth-order valence-electron chi connectivity index (χ4n) is 2.66. The molecular weight excluding hydrogens is 244 g/mol. The van der Waals surface area contributed by atoms with Gasteiger partial charge in [0.15, 0.2) is 0 Å². The minimum Gasteiger partial charge on any atom is -0.269 e. The molecule has 0 bridgehead atoms. The van der Waals surface area contributed by atoms with Gasteiger partial charge >= 0.3 is 0 Å². The van der Waals surface area contributed by atoms with Crippen molar-refractivity contribution in [1.82, 2.24) is 5.01 Å². The monoisotopic (exact) mass is 284 g/mol. The molecule has 0 amide bonds. The summed E-state index contributed by atoms with van der Waals surface area (Å²) in [7, 11) is 0. The van der Waals surface area contributed by atoms with E-state index in [1.165, 1.54) is 89.9 Å². The van der Waals surface area contributed by atoms with E-state index in [0.717, 1.165) is 13.1 Å². The van der Waals surface area contributed by atoms with Gasteiger partial charge in [-0.15, -0.1) is 0 Å². The highest BCUT2D eigenvalue weighted by Gasteiger charge is 1.99. The standard InChI is InChI=1S/C18H40N2/c1-3-5-7-9-11-13-15-17-20(19)18-16-14-12-10-8-6-4-2/h3-19H2,1-2H3. The van der Waals surface area contributed by atoms with E-state index in [9.17, 15) is 0 Å². The van der Waals surface area contributed by atoms with Crippen LogP contribution < -0.4 is 5.84 Å². The summed E-state index contributed by atoms with van der Waals surface area (Å²) in [6.45, 7) is 6.72. The van der Waals surface area contributed by atoms with E-state index in [0.29, 0.717) is 0 Å². The van der Waals surface area contributed by atoms with E-state index in [1.807, 2.05) is 5.01 Å². The number of nitrogens with two attached hydrogens (primary N) is 1. The molecule has 0 aromatic heterocycles. The Morgan fingerprint density at radius 1 is 0.500 bits per heavy atom. The first-order valence-corrected chi connectivity index (χ1v) is 9.30. The maximum absolute atomic E-state index is 6.03. The van der Waals surface area contributed by atoms with Gasteiger partial charge < -0.3 is 0 Å². The van der Waals surface area contributed by atoms with Crippen LogP contribution in [0.5, 0.6) is 0 Å². The summed E-state index contributed by atoms with van der Waals surface area (Å²) in [5.41, 5.74) is 0. The van der Waals surface area contributed by atoms with Crippen LogP contribution in [0.25, 0.3) is 0 Å². The average Bonchev–Trinajstić information content (AvgIpc) is 2.45. The zero-order valence-electron chi connectivity index (χ0n) is 14.3. The van der Waals surface area contributed by atoms with E-state index >= 15 is 0 Å². The van der Waals surface area contributed by atoms with Gasteiger partial charge in [0.1, 0.15) is 0 Å². The molecular formula is C18H40N2. The second-order valence-electron chi connectivity index (χ2n) is 6.28. The van der Waals surface area contributed by atoms with E-state index in [4.69, 9.17) is 5.84 Å². The Labute approximate surface area is 128 Å². The van der Waals surface area contributed by atoms with Crippen molar-refractivity contribution in [3.63, 3.8) is 0 Å². The summed E-state index contributed by atoms with van der Waals surface area (Å²) in [4.78, 5) is 0. The lowest BCUT2D eigenvalue weighted by Gasteiger charge is -2.15. The molecule has 2 heteroatoms. The first-order valence-electron chi connectivity index (χ1n) is 9.30. The van der Waals surface area contributed by atoms with Gasteiger partial charge in [0.25, 0.3) is 0 Å². The predicted octanol–water partition coefficient (Wildman–Crippen LogP) is 5.66. The molecule has 0 heterocycles. The zero-order chi connectivity index (χ0) is 14.9. The van der Waals surface area contributed by atoms with Crippen LogP contribution in [0.15, 0.2) is 0 Å². The van der Waals surface area contributed by atoms with Crippen LogP contribution in [-0.2, 0) is 0 Å². The lowest BCUT2D eigenvalue weighted by atomic mass is 10.1. The SMILES string of the molecule is CCCCCCCCCN(N)CCCCCCCCC. The molecule has 0 spiro atoms. The third-order valence-electron chi connectivity index (χ3n) is 4.10. The molecule has 0 saturated carbocycles. The van der Waals surface area contributed by atoms with Crippen LogP contribution in [-0.4, -0.2) is 18.1 Å².